The molecule has 1 aliphatic heterocycles. The number of aromatic nitrogens is 1. The average Bonchev–Trinajstić information content (AvgIpc) is 2.81. The van der Waals surface area contributed by atoms with Crippen molar-refractivity contribution in [3.8, 4) is 0 Å². The maximum absolute atomic E-state index is 4.54. The van der Waals surface area contributed by atoms with E-state index < -0.39 is 0 Å². The molecule has 0 saturated carbocycles. The molecule has 0 amide bonds. The first kappa shape index (κ1) is 11.5. The van der Waals surface area contributed by atoms with Gasteiger partial charge in [-0.05, 0) is 43.1 Å². The lowest BCUT2D eigenvalue weighted by molar-refractivity contribution is 0.501. The van der Waals surface area contributed by atoms with Crippen molar-refractivity contribution in [2.24, 2.45) is 0 Å². The molecule has 2 nitrogen and oxygen atoms in total. The molecule has 1 N–H and O–H groups in total. The molecule has 1 aromatic heterocycles. The second kappa shape index (κ2) is 5.40. The summed E-state index contributed by atoms with van der Waals surface area (Å²) in [5, 5.41) is 4.55. The van der Waals surface area contributed by atoms with E-state index in [1.165, 1.54) is 49.1 Å². The van der Waals surface area contributed by atoms with Crippen LogP contribution in [-0.4, -0.2) is 22.5 Å². The second-order valence-electron chi connectivity index (χ2n) is 5.04. The molecule has 0 radical (unpaired) electrons. The van der Waals surface area contributed by atoms with Crippen molar-refractivity contribution in [1.29, 1.82) is 0 Å². The Morgan fingerprint density at radius 1 is 1.35 bits per heavy atom. The second-order valence-corrected chi connectivity index (χ2v) is 6.44. The lowest BCUT2D eigenvalue weighted by Gasteiger charge is -2.23. The molecule has 3 heteroatoms. The Morgan fingerprint density at radius 2 is 2.35 bits per heavy atom. The molecule has 17 heavy (non-hydrogen) atoms. The maximum atomic E-state index is 4.54. The zero-order valence-corrected chi connectivity index (χ0v) is 11.0. The van der Waals surface area contributed by atoms with Gasteiger partial charge in [-0.2, -0.15) is 11.8 Å². The monoisotopic (exact) mass is 248 g/mol. The Kier molecular flexibility index (Phi) is 3.67. The summed E-state index contributed by atoms with van der Waals surface area (Å²) in [6.07, 6.45) is 8.56. The molecule has 1 aromatic rings. The third-order valence-electron chi connectivity index (χ3n) is 3.82. The van der Waals surface area contributed by atoms with Crippen LogP contribution in [0.25, 0.3) is 0 Å². The number of hydrogen-bond donors (Lipinski definition) is 1. The largest absolute Gasteiger partial charge is 0.308 e. The van der Waals surface area contributed by atoms with Crippen molar-refractivity contribution in [3.05, 3.63) is 29.6 Å². The van der Waals surface area contributed by atoms with E-state index in [-0.39, 0.29) is 0 Å². The van der Waals surface area contributed by atoms with Crippen LogP contribution in [0.5, 0.6) is 0 Å². The third kappa shape index (κ3) is 2.66. The molecule has 3 rings (SSSR count). The number of fused-ring (bicyclic) bond motifs is 1. The molecule has 1 saturated heterocycles. The summed E-state index contributed by atoms with van der Waals surface area (Å²) >= 11 is 2.14. The zero-order valence-electron chi connectivity index (χ0n) is 10.2. The SMILES string of the molecule is c1cnc2c(c1)CCC2NCC1CCCCS1. The van der Waals surface area contributed by atoms with E-state index in [4.69, 9.17) is 0 Å². The van der Waals surface area contributed by atoms with Crippen LogP contribution >= 0.6 is 11.8 Å². The Morgan fingerprint density at radius 3 is 3.24 bits per heavy atom. The van der Waals surface area contributed by atoms with E-state index in [2.05, 4.69) is 34.2 Å². The summed E-state index contributed by atoms with van der Waals surface area (Å²) < 4.78 is 0. The normalized spacial score (nSPS) is 28.0. The van der Waals surface area contributed by atoms with Crippen molar-refractivity contribution in [3.63, 3.8) is 0 Å². The highest BCUT2D eigenvalue weighted by molar-refractivity contribution is 7.99. The van der Waals surface area contributed by atoms with Crippen LogP contribution in [0.3, 0.4) is 0 Å². The molecule has 0 aromatic carbocycles. The molecule has 1 aliphatic carbocycles. The van der Waals surface area contributed by atoms with Crippen LogP contribution in [0.1, 0.15) is 43.0 Å². The van der Waals surface area contributed by atoms with Crippen molar-refractivity contribution in [2.45, 2.75) is 43.4 Å². The van der Waals surface area contributed by atoms with E-state index in [9.17, 15) is 0 Å². The summed E-state index contributed by atoms with van der Waals surface area (Å²) in [7, 11) is 0. The fourth-order valence-electron chi connectivity index (χ4n) is 2.85. The van der Waals surface area contributed by atoms with E-state index >= 15 is 0 Å². The average molecular weight is 248 g/mol. The van der Waals surface area contributed by atoms with Gasteiger partial charge in [-0.1, -0.05) is 12.5 Å². The molecule has 92 valence electrons. The fourth-order valence-corrected chi connectivity index (χ4v) is 4.10. The minimum absolute atomic E-state index is 0.508. The summed E-state index contributed by atoms with van der Waals surface area (Å²) in [5.41, 5.74) is 2.75. The number of nitrogens with zero attached hydrogens (tertiary/aromatic N) is 1. The van der Waals surface area contributed by atoms with Crippen LogP contribution in [0, 0.1) is 0 Å². The van der Waals surface area contributed by atoms with Gasteiger partial charge in [0.25, 0.3) is 0 Å². The van der Waals surface area contributed by atoms with Crippen molar-refractivity contribution in [2.75, 3.05) is 12.3 Å². The van der Waals surface area contributed by atoms with E-state index in [1.807, 2.05) is 6.20 Å². The summed E-state index contributed by atoms with van der Waals surface area (Å²) in [5.74, 6) is 1.35. The molecule has 0 spiro atoms. The molecule has 1 fully saturated rings. The highest BCUT2D eigenvalue weighted by Crippen LogP contribution is 2.30. The summed E-state index contributed by atoms with van der Waals surface area (Å²) in [6.45, 7) is 1.16. The molecular formula is C14H20N2S. The van der Waals surface area contributed by atoms with Gasteiger partial charge in [0.15, 0.2) is 0 Å². The van der Waals surface area contributed by atoms with Gasteiger partial charge in [-0.3, -0.25) is 4.98 Å². The standard InChI is InChI=1S/C14H20N2S/c1-2-9-17-12(5-1)10-16-13-7-6-11-4-3-8-15-14(11)13/h3-4,8,12-13,16H,1-2,5-7,9-10H2. The number of nitrogens with one attached hydrogen (secondary N) is 1. The van der Waals surface area contributed by atoms with E-state index in [1.54, 1.807) is 0 Å². The van der Waals surface area contributed by atoms with Gasteiger partial charge in [0.05, 0.1) is 11.7 Å². The molecule has 0 bridgehead atoms. The van der Waals surface area contributed by atoms with Crippen LogP contribution in [0.15, 0.2) is 18.3 Å². The van der Waals surface area contributed by atoms with E-state index in [0.29, 0.717) is 6.04 Å². The quantitative estimate of drug-likeness (QED) is 0.890. The number of thioether (sulfide) groups is 1. The first-order chi connectivity index (χ1) is 8.43. The maximum Gasteiger partial charge on any atom is 0.0605 e. The Balaban J connectivity index is 1.56. The first-order valence-corrected chi connectivity index (χ1v) is 7.77. The number of hydrogen-bond acceptors (Lipinski definition) is 3. The summed E-state index contributed by atoms with van der Waals surface area (Å²) in [6, 6.07) is 4.78. The molecular weight excluding hydrogens is 228 g/mol. The van der Waals surface area contributed by atoms with Gasteiger partial charge in [0, 0.05) is 18.0 Å². The molecule has 2 unspecified atom stereocenters. The molecule has 2 heterocycles. The van der Waals surface area contributed by atoms with Gasteiger partial charge >= 0.3 is 0 Å². The Bertz CT molecular complexity index is 374. The lowest BCUT2D eigenvalue weighted by Crippen LogP contribution is -2.29. The van der Waals surface area contributed by atoms with Crippen LogP contribution in [0.2, 0.25) is 0 Å². The Hall–Kier alpha value is -0.540. The highest BCUT2D eigenvalue weighted by Gasteiger charge is 2.24. The van der Waals surface area contributed by atoms with Gasteiger partial charge in [-0.15, -0.1) is 0 Å². The zero-order chi connectivity index (χ0) is 11.5. The Labute approximate surface area is 108 Å². The van der Waals surface area contributed by atoms with Crippen LogP contribution < -0.4 is 5.32 Å². The number of rotatable bonds is 3. The van der Waals surface area contributed by atoms with Gasteiger partial charge < -0.3 is 5.32 Å². The number of aryl methyl sites for hydroxylation is 1. The lowest BCUT2D eigenvalue weighted by atomic mass is 10.1. The highest BCUT2D eigenvalue weighted by atomic mass is 32.2. The molecule has 2 aliphatic rings. The van der Waals surface area contributed by atoms with Crippen molar-refractivity contribution in [1.82, 2.24) is 10.3 Å². The van der Waals surface area contributed by atoms with Crippen molar-refractivity contribution < 1.29 is 0 Å². The van der Waals surface area contributed by atoms with Crippen LogP contribution in [0.4, 0.5) is 0 Å². The van der Waals surface area contributed by atoms with Gasteiger partial charge in [0.2, 0.25) is 0 Å². The predicted octanol–water partition coefficient (Wildman–Crippen LogP) is 2.94. The van der Waals surface area contributed by atoms with Gasteiger partial charge in [-0.25, -0.2) is 0 Å². The fraction of sp³-hybridized carbons (Fsp3) is 0.643. The predicted molar refractivity (Wildman–Crippen MR) is 73.4 cm³/mol. The smallest absolute Gasteiger partial charge is 0.0605 e. The number of pyridine rings is 1. The summed E-state index contributed by atoms with van der Waals surface area (Å²) in [4.78, 5) is 4.54. The molecule has 2 atom stereocenters. The van der Waals surface area contributed by atoms with Crippen LogP contribution in [-0.2, 0) is 6.42 Å². The van der Waals surface area contributed by atoms with E-state index in [0.717, 1.165) is 11.8 Å². The van der Waals surface area contributed by atoms with Gasteiger partial charge in [0.1, 0.15) is 0 Å². The topological polar surface area (TPSA) is 24.9 Å². The minimum atomic E-state index is 0.508. The minimum Gasteiger partial charge on any atom is -0.308 e. The van der Waals surface area contributed by atoms with Crippen molar-refractivity contribution >= 4 is 11.8 Å². The third-order valence-corrected chi connectivity index (χ3v) is 5.22. The first-order valence-electron chi connectivity index (χ1n) is 6.72.